The van der Waals surface area contributed by atoms with Crippen molar-refractivity contribution in [3.8, 4) is 22.3 Å². The quantitative estimate of drug-likeness (QED) is 0.0497. The zero-order valence-electron chi connectivity index (χ0n) is 46.9. The Bertz CT molecular complexity index is 3620. The minimum Gasteiger partial charge on any atom is -0.453 e. The number of alkyl carbamates (subject to hydrolysis) is 2. The third-order valence-corrected chi connectivity index (χ3v) is 16.0. The maximum Gasteiger partial charge on any atom is 0.416 e. The van der Waals surface area contributed by atoms with Gasteiger partial charge < -0.3 is 64.8 Å². The number of nitrogens with one attached hydrogen (secondary N) is 5. The number of nitrogens with zero attached hydrogens (tertiary/aromatic N) is 6. The fraction of sp³-hybridized carbons (Fsp3) is 0.390. The maximum atomic E-state index is 16.8. The Balaban J connectivity index is 0.958. The summed E-state index contributed by atoms with van der Waals surface area (Å²) in [7, 11) is 3.72. The molecule has 450 valence electrons. The molecule has 3 saturated heterocycles. The van der Waals surface area contributed by atoms with E-state index in [0.717, 1.165) is 31.4 Å². The number of halogens is 7. The molecule has 6 atom stereocenters. The number of aromatic amines is 2. The lowest BCUT2D eigenvalue weighted by Crippen LogP contribution is -2.54. The number of rotatable bonds is 16. The number of piperazine rings is 1. The lowest BCUT2D eigenvalue weighted by Gasteiger charge is -2.37. The van der Waals surface area contributed by atoms with Crippen molar-refractivity contribution in [2.45, 2.75) is 88.6 Å². The molecule has 2 unspecified atom stereocenters. The number of alkyl halides is 3. The van der Waals surface area contributed by atoms with Gasteiger partial charge in [-0.15, -0.1) is 0 Å². The molecule has 0 spiro atoms. The van der Waals surface area contributed by atoms with Crippen LogP contribution >= 0.6 is 0 Å². The van der Waals surface area contributed by atoms with E-state index < -0.39 is 95.4 Å². The number of hydrogen-bond donors (Lipinski definition) is 6. The summed E-state index contributed by atoms with van der Waals surface area (Å²) < 4.78 is 120. The Labute approximate surface area is 482 Å². The van der Waals surface area contributed by atoms with Gasteiger partial charge in [0, 0.05) is 87.6 Å². The minimum atomic E-state index is -4.50. The number of H-pyrrole nitrogens is 2. The molecule has 5 heterocycles. The number of carbonyl (C=O) groups excluding carboxylic acids is 4. The molecular formula is C59H62F7N11O8. The maximum absolute atomic E-state index is 16.8. The number of likely N-dealkylation sites (tertiary alicyclic amines) is 2. The number of hydrogen-bond acceptors (Lipinski definition) is 13. The first kappa shape index (κ1) is 59.5. The number of carbonyl (C=O) groups is 4. The second-order valence-electron chi connectivity index (χ2n) is 21.3. The van der Waals surface area contributed by atoms with E-state index in [-0.39, 0.29) is 61.8 Å². The Morgan fingerprint density at radius 1 is 0.647 bits per heavy atom. The Morgan fingerprint density at radius 2 is 1.16 bits per heavy atom. The molecule has 6 N–H and O–H groups in total. The van der Waals surface area contributed by atoms with Gasteiger partial charge in [-0.05, 0) is 111 Å². The number of fused-ring (bicyclic) bond motifs is 2. The predicted octanol–water partition coefficient (Wildman–Crippen LogP) is 9.48. The van der Waals surface area contributed by atoms with Gasteiger partial charge in [0.25, 0.3) is 0 Å². The second-order valence-corrected chi connectivity index (χ2v) is 21.3. The van der Waals surface area contributed by atoms with Gasteiger partial charge in [0.2, 0.25) is 11.8 Å². The van der Waals surface area contributed by atoms with E-state index in [0.29, 0.717) is 88.3 Å². The van der Waals surface area contributed by atoms with Crippen molar-refractivity contribution in [1.29, 1.82) is 0 Å². The zero-order valence-corrected chi connectivity index (χ0v) is 46.9. The summed E-state index contributed by atoms with van der Waals surface area (Å²) in [6.07, 6.45) is -6.09. The van der Waals surface area contributed by atoms with Crippen molar-refractivity contribution in [2.24, 2.45) is 0 Å². The zero-order chi connectivity index (χ0) is 60.6. The molecule has 2 aromatic heterocycles. The third kappa shape index (κ3) is 12.3. The molecule has 19 nitrogen and oxygen atoms in total. The summed E-state index contributed by atoms with van der Waals surface area (Å²) in [5.74, 6) is -3.45. The van der Waals surface area contributed by atoms with Crippen LogP contribution in [0.1, 0.15) is 74.4 Å². The molecule has 3 fully saturated rings. The molecule has 3 aliphatic heterocycles. The number of ether oxygens (including phenoxy) is 3. The largest absolute Gasteiger partial charge is 0.453 e. The lowest BCUT2D eigenvalue weighted by molar-refractivity contribution is -0.138. The van der Waals surface area contributed by atoms with Crippen LogP contribution in [0.5, 0.6) is 0 Å². The van der Waals surface area contributed by atoms with Gasteiger partial charge in [0.05, 0.1) is 66.1 Å². The van der Waals surface area contributed by atoms with Crippen LogP contribution in [0, 0.1) is 23.3 Å². The van der Waals surface area contributed by atoms with Crippen molar-refractivity contribution in [1.82, 2.24) is 40.4 Å². The highest BCUT2D eigenvalue weighted by Crippen LogP contribution is 2.40. The van der Waals surface area contributed by atoms with Gasteiger partial charge in [-0.2, -0.15) is 13.2 Å². The van der Waals surface area contributed by atoms with Crippen LogP contribution in [0.2, 0.25) is 0 Å². The Morgan fingerprint density at radius 3 is 1.69 bits per heavy atom. The molecule has 26 heteroatoms. The number of amides is 4. The summed E-state index contributed by atoms with van der Waals surface area (Å²) in [6, 6.07) is 13.6. The average molecular weight is 1190 g/mol. The third-order valence-electron chi connectivity index (χ3n) is 16.0. The highest BCUT2D eigenvalue weighted by atomic mass is 19.4. The summed E-state index contributed by atoms with van der Waals surface area (Å²) in [5.41, 5.74) is 1.88. The summed E-state index contributed by atoms with van der Waals surface area (Å²) in [4.78, 5) is 74.5. The van der Waals surface area contributed by atoms with Crippen molar-refractivity contribution in [3.63, 3.8) is 0 Å². The van der Waals surface area contributed by atoms with Crippen LogP contribution in [0.4, 0.5) is 57.4 Å². The van der Waals surface area contributed by atoms with Gasteiger partial charge in [0.15, 0.2) is 11.6 Å². The van der Waals surface area contributed by atoms with E-state index in [1.165, 1.54) is 67.3 Å². The van der Waals surface area contributed by atoms with Gasteiger partial charge in [-0.25, -0.2) is 37.1 Å². The standard InChI is InChI=1S/C59H62F7N11O8/c1-30(78)50(72-57(81)84-4)55(79)76-16-6-8-48(76)53-69-45-26-39(41(61)28-47(45)71-53)37-15-10-32(38-25-44-46(27-40(38)60)70-54(68-44)49-9-7-17-77(49)56(80)51(31(2)83-3)73-58(82)85-5)22-33(37)29-67-35-23-42(62)52(43(63)24-35)75-20-18-74(19-21-75)36-13-11-34(12-14-36)59(64,65)66/h10-15,22-28,30-31,48-51,67,78H,6-9,16-21,29H2,1-5H3,(H,68,70)(H,69,71)(H,72,81)(H,73,82)/t30?,31?,48-,49-,50-,51-/m0/s1. The van der Waals surface area contributed by atoms with E-state index in [9.17, 15) is 37.5 Å². The first-order valence-electron chi connectivity index (χ1n) is 27.6. The van der Waals surface area contributed by atoms with Gasteiger partial charge >= 0.3 is 18.4 Å². The molecule has 3 aliphatic rings. The van der Waals surface area contributed by atoms with Crippen LogP contribution < -0.4 is 25.8 Å². The Kier molecular flexibility index (Phi) is 17.2. The molecule has 85 heavy (non-hydrogen) atoms. The van der Waals surface area contributed by atoms with Crippen molar-refractivity contribution < 1.29 is 69.2 Å². The van der Waals surface area contributed by atoms with Crippen molar-refractivity contribution >= 4 is 63.1 Å². The topological polar surface area (TPSA) is 223 Å². The number of benzene rings is 5. The highest BCUT2D eigenvalue weighted by molar-refractivity contribution is 5.89. The minimum absolute atomic E-state index is 0.0156. The molecule has 4 amide bonds. The first-order chi connectivity index (χ1) is 40.6. The summed E-state index contributed by atoms with van der Waals surface area (Å²) >= 11 is 0. The Hall–Kier alpha value is -8.65. The van der Waals surface area contributed by atoms with Crippen LogP contribution in [0.25, 0.3) is 44.3 Å². The number of aromatic nitrogens is 4. The molecule has 10 rings (SSSR count). The van der Waals surface area contributed by atoms with Crippen LogP contribution in [0.15, 0.2) is 78.9 Å². The number of methoxy groups -OCH3 is 3. The summed E-state index contributed by atoms with van der Waals surface area (Å²) in [6.45, 7) is 4.29. The van der Waals surface area contributed by atoms with Crippen LogP contribution in [-0.2, 0) is 36.5 Å². The van der Waals surface area contributed by atoms with E-state index >= 15 is 17.6 Å². The van der Waals surface area contributed by atoms with Crippen LogP contribution in [0.3, 0.4) is 0 Å². The number of imidazole rings is 2. The molecule has 0 radical (unpaired) electrons. The molecule has 0 saturated carbocycles. The number of anilines is 3. The first-order valence-corrected chi connectivity index (χ1v) is 27.6. The molecule has 0 aliphatic carbocycles. The van der Waals surface area contributed by atoms with E-state index in [2.05, 4.69) is 30.7 Å². The van der Waals surface area contributed by atoms with Gasteiger partial charge in [-0.1, -0.05) is 12.1 Å². The fourth-order valence-corrected chi connectivity index (χ4v) is 11.5. The molecule has 0 bridgehead atoms. The SMILES string of the molecule is COC(=O)N[C@H](C(=O)N1CCC[C@H]1c1nc2cc(-c3ccc(-c4cc5nc([C@@H]6CCCN6C(=O)[C@@H](NC(=O)OC)C(C)OC)[nH]c5cc4F)cc3CNc3cc(F)c(N4CCN(c5ccc(C(F)(F)F)cc5)CC4)c(F)c3)c(F)cc2[nH]1)C(C)O. The second kappa shape index (κ2) is 24.5. The average Bonchev–Trinajstić information content (AvgIpc) is 2.65. The fourth-order valence-electron chi connectivity index (χ4n) is 11.5. The lowest BCUT2D eigenvalue weighted by atomic mass is 9.93. The smallest absolute Gasteiger partial charge is 0.416 e. The number of aliphatic hydroxyl groups excluding tert-OH is 1. The molecule has 7 aromatic rings. The molecular weight excluding hydrogens is 1120 g/mol. The van der Waals surface area contributed by atoms with Crippen molar-refractivity contribution in [3.05, 3.63) is 125 Å². The normalized spacial score (nSPS) is 17.9. The predicted molar refractivity (Wildman–Crippen MR) is 300 cm³/mol. The van der Waals surface area contributed by atoms with Crippen molar-refractivity contribution in [2.75, 3.05) is 75.7 Å². The van der Waals surface area contributed by atoms with Gasteiger partial charge in [0.1, 0.15) is 41.1 Å². The van der Waals surface area contributed by atoms with E-state index in [1.54, 1.807) is 30.0 Å². The summed E-state index contributed by atoms with van der Waals surface area (Å²) in [5, 5.41) is 18.5. The number of aliphatic hydroxyl groups is 1. The van der Waals surface area contributed by atoms with Gasteiger partial charge in [-0.3, -0.25) is 9.59 Å². The van der Waals surface area contributed by atoms with E-state index in [1.807, 2.05) is 4.90 Å². The molecule has 5 aromatic carbocycles. The highest BCUT2D eigenvalue weighted by Gasteiger charge is 2.41. The van der Waals surface area contributed by atoms with E-state index in [4.69, 9.17) is 19.4 Å². The monoisotopic (exact) mass is 1190 g/mol. The van der Waals surface area contributed by atoms with Crippen LogP contribution in [-0.4, -0.2) is 144 Å².